The Labute approximate surface area is 148 Å². The first-order valence-corrected chi connectivity index (χ1v) is 9.11. The predicted molar refractivity (Wildman–Crippen MR) is 97.8 cm³/mol. The van der Waals surface area contributed by atoms with Crippen LogP contribution < -0.4 is 5.32 Å². The summed E-state index contributed by atoms with van der Waals surface area (Å²) < 4.78 is 0. The Morgan fingerprint density at radius 1 is 1.16 bits per heavy atom. The van der Waals surface area contributed by atoms with Gasteiger partial charge in [-0.25, -0.2) is 0 Å². The zero-order valence-electron chi connectivity index (χ0n) is 14.9. The largest absolute Gasteiger partial charge is 0.506 e. The number of piperidine rings is 1. The fraction of sp³-hybridized carbons (Fsp3) is 0.526. The summed E-state index contributed by atoms with van der Waals surface area (Å²) in [4.78, 5) is 6.76. The third-order valence-corrected chi connectivity index (χ3v) is 5.23. The molecule has 1 aliphatic heterocycles. The molecule has 2 aliphatic rings. The average molecular weight is 339 g/mol. The molecule has 1 aliphatic carbocycles. The lowest BCUT2D eigenvalue weighted by Crippen LogP contribution is -2.40. The minimum Gasteiger partial charge on any atom is -0.506 e. The first-order chi connectivity index (χ1) is 12.1. The second kappa shape index (κ2) is 6.59. The topological polar surface area (TPSA) is 74.2 Å². The molecule has 25 heavy (non-hydrogen) atoms. The van der Waals surface area contributed by atoms with E-state index in [-0.39, 0.29) is 5.75 Å². The smallest absolute Gasteiger partial charge is 0.152 e. The molecule has 0 saturated carbocycles. The van der Waals surface area contributed by atoms with E-state index in [2.05, 4.69) is 32.4 Å². The molecule has 0 aromatic carbocycles. The number of aryl methyl sites for hydroxylation is 1. The number of pyridine rings is 1. The highest BCUT2D eigenvalue weighted by molar-refractivity contribution is 5.70. The van der Waals surface area contributed by atoms with Gasteiger partial charge >= 0.3 is 0 Å². The van der Waals surface area contributed by atoms with Crippen LogP contribution in [0.25, 0.3) is 11.4 Å². The summed E-state index contributed by atoms with van der Waals surface area (Å²) in [5.41, 5.74) is 4.65. The molecule has 1 saturated heterocycles. The minimum atomic E-state index is 0.179. The molecule has 6 heteroatoms. The fourth-order valence-electron chi connectivity index (χ4n) is 4.01. The number of likely N-dealkylation sites (tertiary alicyclic amines) is 1. The van der Waals surface area contributed by atoms with Gasteiger partial charge in [0.15, 0.2) is 5.82 Å². The van der Waals surface area contributed by atoms with Crippen LogP contribution in [-0.2, 0) is 12.8 Å². The van der Waals surface area contributed by atoms with E-state index in [1.165, 1.54) is 30.5 Å². The van der Waals surface area contributed by atoms with Gasteiger partial charge in [-0.3, -0.25) is 4.98 Å². The van der Waals surface area contributed by atoms with E-state index in [9.17, 15) is 5.11 Å². The molecule has 2 aromatic heterocycles. The van der Waals surface area contributed by atoms with Crippen molar-refractivity contribution in [2.45, 2.75) is 45.1 Å². The summed E-state index contributed by atoms with van der Waals surface area (Å²) in [5.74, 6) is 1.10. The third-order valence-electron chi connectivity index (χ3n) is 5.23. The van der Waals surface area contributed by atoms with Crippen LogP contribution in [0.4, 0.5) is 5.82 Å². The van der Waals surface area contributed by atoms with Crippen molar-refractivity contribution in [2.75, 3.05) is 25.5 Å². The number of rotatable bonds is 3. The molecule has 3 heterocycles. The van der Waals surface area contributed by atoms with E-state index in [0.717, 1.165) is 42.9 Å². The Hall–Kier alpha value is -2.21. The summed E-state index contributed by atoms with van der Waals surface area (Å²) in [5, 5.41) is 22.8. The van der Waals surface area contributed by atoms with Gasteiger partial charge in [-0.1, -0.05) is 0 Å². The monoisotopic (exact) mass is 339 g/mol. The summed E-state index contributed by atoms with van der Waals surface area (Å²) in [6, 6.07) is 2.16. The van der Waals surface area contributed by atoms with Crippen LogP contribution >= 0.6 is 0 Å². The normalized spacial score (nSPS) is 20.5. The maximum absolute atomic E-state index is 10.3. The molecular formula is C19H25N5O. The standard InChI is InChI=1S/C19H25N5O/c1-12-9-16(25)18(20-10-12)17-14-6-3-7-15(14)19(23-22-17)21-13-5-4-8-24(2)11-13/h9-10,13,25H,3-8,11H2,1-2H3,(H,21,23). The molecule has 0 spiro atoms. The highest BCUT2D eigenvalue weighted by atomic mass is 16.3. The molecule has 0 amide bonds. The number of nitrogens with zero attached hydrogens (tertiary/aromatic N) is 4. The maximum Gasteiger partial charge on any atom is 0.152 e. The Kier molecular flexibility index (Phi) is 4.29. The highest BCUT2D eigenvalue weighted by Crippen LogP contribution is 2.36. The molecule has 1 atom stereocenters. The van der Waals surface area contributed by atoms with Crippen molar-refractivity contribution >= 4 is 5.82 Å². The van der Waals surface area contributed by atoms with Gasteiger partial charge in [-0.2, -0.15) is 0 Å². The first-order valence-electron chi connectivity index (χ1n) is 9.11. The van der Waals surface area contributed by atoms with Gasteiger partial charge in [-0.05, 0) is 69.8 Å². The van der Waals surface area contributed by atoms with Crippen LogP contribution in [-0.4, -0.2) is 51.4 Å². The van der Waals surface area contributed by atoms with Gasteiger partial charge in [0.1, 0.15) is 17.1 Å². The number of hydrogen-bond acceptors (Lipinski definition) is 6. The van der Waals surface area contributed by atoms with Gasteiger partial charge in [0.2, 0.25) is 0 Å². The van der Waals surface area contributed by atoms with Gasteiger partial charge in [0, 0.05) is 24.3 Å². The second-order valence-corrected chi connectivity index (χ2v) is 7.33. The van der Waals surface area contributed by atoms with E-state index in [1.54, 1.807) is 12.3 Å². The SMILES string of the molecule is Cc1cnc(-c2nnc(NC3CCCN(C)C3)c3c2CCC3)c(O)c1. The molecule has 0 radical (unpaired) electrons. The molecule has 132 valence electrons. The highest BCUT2D eigenvalue weighted by Gasteiger charge is 2.26. The number of nitrogens with one attached hydrogen (secondary N) is 1. The van der Waals surface area contributed by atoms with Gasteiger partial charge in [0.05, 0.1) is 0 Å². The molecule has 2 N–H and O–H groups in total. The molecular weight excluding hydrogens is 314 g/mol. The molecule has 2 aromatic rings. The Morgan fingerprint density at radius 2 is 2.00 bits per heavy atom. The van der Waals surface area contributed by atoms with E-state index in [0.29, 0.717) is 11.7 Å². The molecule has 0 bridgehead atoms. The Bertz CT molecular complexity index is 792. The number of anilines is 1. The zero-order valence-corrected chi connectivity index (χ0v) is 14.9. The van der Waals surface area contributed by atoms with Crippen molar-refractivity contribution in [3.63, 3.8) is 0 Å². The maximum atomic E-state index is 10.3. The van der Waals surface area contributed by atoms with Crippen LogP contribution in [0, 0.1) is 6.92 Å². The van der Waals surface area contributed by atoms with E-state index in [1.807, 2.05) is 6.92 Å². The Morgan fingerprint density at radius 3 is 2.80 bits per heavy atom. The third kappa shape index (κ3) is 3.18. The van der Waals surface area contributed by atoms with Crippen LogP contribution in [0.1, 0.15) is 36.0 Å². The second-order valence-electron chi connectivity index (χ2n) is 7.33. The van der Waals surface area contributed by atoms with Crippen molar-refractivity contribution in [1.29, 1.82) is 0 Å². The quantitative estimate of drug-likeness (QED) is 0.895. The summed E-state index contributed by atoms with van der Waals surface area (Å²) in [6.45, 7) is 4.12. The number of aromatic hydroxyl groups is 1. The lowest BCUT2D eigenvalue weighted by atomic mass is 10.0. The van der Waals surface area contributed by atoms with E-state index < -0.39 is 0 Å². The van der Waals surface area contributed by atoms with Crippen LogP contribution in [0.3, 0.4) is 0 Å². The van der Waals surface area contributed by atoms with E-state index >= 15 is 0 Å². The van der Waals surface area contributed by atoms with Crippen molar-refractivity contribution in [2.24, 2.45) is 0 Å². The summed E-state index contributed by atoms with van der Waals surface area (Å²) >= 11 is 0. The van der Waals surface area contributed by atoms with Crippen LogP contribution in [0.2, 0.25) is 0 Å². The van der Waals surface area contributed by atoms with Gasteiger partial charge in [0.25, 0.3) is 0 Å². The van der Waals surface area contributed by atoms with Crippen molar-refractivity contribution in [1.82, 2.24) is 20.1 Å². The molecule has 4 rings (SSSR count). The fourth-order valence-corrected chi connectivity index (χ4v) is 4.01. The lowest BCUT2D eigenvalue weighted by molar-refractivity contribution is 0.260. The minimum absolute atomic E-state index is 0.179. The average Bonchev–Trinajstić information content (AvgIpc) is 3.06. The first kappa shape index (κ1) is 16.3. The van der Waals surface area contributed by atoms with Gasteiger partial charge in [-0.15, -0.1) is 10.2 Å². The van der Waals surface area contributed by atoms with Crippen molar-refractivity contribution in [3.05, 3.63) is 29.0 Å². The molecule has 1 unspecified atom stereocenters. The van der Waals surface area contributed by atoms with Crippen LogP contribution in [0.5, 0.6) is 5.75 Å². The predicted octanol–water partition coefficient (Wildman–Crippen LogP) is 2.55. The number of aromatic nitrogens is 3. The number of likely N-dealkylation sites (N-methyl/N-ethyl adjacent to an activating group) is 1. The van der Waals surface area contributed by atoms with Crippen molar-refractivity contribution in [3.8, 4) is 17.1 Å². The molecule has 6 nitrogen and oxygen atoms in total. The zero-order chi connectivity index (χ0) is 17.4. The van der Waals surface area contributed by atoms with Gasteiger partial charge < -0.3 is 15.3 Å². The Balaban J connectivity index is 1.67. The lowest BCUT2D eigenvalue weighted by Gasteiger charge is -2.31. The van der Waals surface area contributed by atoms with E-state index in [4.69, 9.17) is 0 Å². The summed E-state index contributed by atoms with van der Waals surface area (Å²) in [6.07, 6.45) is 7.22. The number of hydrogen-bond donors (Lipinski definition) is 2. The summed E-state index contributed by atoms with van der Waals surface area (Å²) in [7, 11) is 2.17. The van der Waals surface area contributed by atoms with Crippen LogP contribution in [0.15, 0.2) is 12.3 Å². The molecule has 1 fully saturated rings. The number of fused-ring (bicyclic) bond motifs is 1. The van der Waals surface area contributed by atoms with Crippen molar-refractivity contribution < 1.29 is 5.11 Å².